The number of amides is 2. The summed E-state index contributed by atoms with van der Waals surface area (Å²) in [5.41, 5.74) is 2.53. The van der Waals surface area contributed by atoms with Crippen molar-refractivity contribution < 1.29 is 18.7 Å². The minimum Gasteiger partial charge on any atom is -0.453 e. The van der Waals surface area contributed by atoms with E-state index in [1.54, 1.807) is 40.3 Å². The first-order chi connectivity index (χ1) is 17.6. The maximum absolute atomic E-state index is 14.4. The predicted octanol–water partition coefficient (Wildman–Crippen LogP) is 4.42. The van der Waals surface area contributed by atoms with Crippen LogP contribution in [0.3, 0.4) is 0 Å². The molecule has 0 radical (unpaired) electrons. The second-order valence-electron chi connectivity index (χ2n) is 8.56. The Morgan fingerprint density at radius 1 is 1.03 bits per heavy atom. The molecule has 4 aromatic rings. The average molecular weight is 485 g/mol. The summed E-state index contributed by atoms with van der Waals surface area (Å²) in [5, 5.41) is 1.05. The summed E-state index contributed by atoms with van der Waals surface area (Å²) in [6.07, 6.45) is 8.32. The molecule has 1 aliphatic heterocycles. The van der Waals surface area contributed by atoms with Crippen LogP contribution in [0.1, 0.15) is 11.1 Å². The van der Waals surface area contributed by atoms with Crippen LogP contribution in [0.5, 0.6) is 11.5 Å². The fourth-order valence-corrected chi connectivity index (χ4v) is 4.24. The van der Waals surface area contributed by atoms with Crippen LogP contribution in [0.2, 0.25) is 0 Å². The number of carbonyl (C=O) groups excluding carboxylic acids is 2. The number of para-hydroxylation sites is 1. The molecule has 0 unspecified atom stereocenters. The van der Waals surface area contributed by atoms with Crippen molar-refractivity contribution >= 4 is 28.8 Å². The fraction of sp³-hybridized carbons (Fsp3) is 0.179. The molecule has 1 saturated heterocycles. The summed E-state index contributed by atoms with van der Waals surface area (Å²) in [5.74, 6) is -0.133. The summed E-state index contributed by atoms with van der Waals surface area (Å²) >= 11 is 0. The number of pyridine rings is 1. The standard InChI is InChI=1S/C28H25FN4O3/c29-24-16-20(7-9-26(24)36-22-4-3-11-30-19-22)8-10-27(34)32-12-14-33(15-13-32)28(35)17-21-18-31-25-6-2-1-5-23(21)25/h1-11,16,18-19,31H,12-15,17H2/b10-8+. The Bertz CT molecular complexity index is 1410. The number of ether oxygens (including phenoxy) is 1. The molecule has 8 heteroatoms. The molecule has 3 heterocycles. The summed E-state index contributed by atoms with van der Waals surface area (Å²) < 4.78 is 19.9. The fourth-order valence-electron chi connectivity index (χ4n) is 4.24. The maximum Gasteiger partial charge on any atom is 0.246 e. The molecule has 182 valence electrons. The van der Waals surface area contributed by atoms with E-state index in [0.717, 1.165) is 16.5 Å². The molecule has 0 aliphatic carbocycles. The monoisotopic (exact) mass is 484 g/mol. The molecule has 2 aromatic heterocycles. The molecule has 0 bridgehead atoms. The number of rotatable bonds is 6. The van der Waals surface area contributed by atoms with Gasteiger partial charge >= 0.3 is 0 Å². The van der Waals surface area contributed by atoms with Gasteiger partial charge in [0.25, 0.3) is 0 Å². The van der Waals surface area contributed by atoms with Crippen LogP contribution >= 0.6 is 0 Å². The second-order valence-corrected chi connectivity index (χ2v) is 8.56. The number of aromatic amines is 1. The van der Waals surface area contributed by atoms with Crippen molar-refractivity contribution in [3.63, 3.8) is 0 Å². The first kappa shape index (κ1) is 23.3. The SMILES string of the molecule is O=C(/C=C/c1ccc(Oc2cccnc2)c(F)c1)N1CCN(C(=O)Cc2c[nH]c3ccccc23)CC1. The molecule has 36 heavy (non-hydrogen) atoms. The number of benzene rings is 2. The molecule has 2 amide bonds. The van der Waals surface area contributed by atoms with E-state index < -0.39 is 5.82 Å². The van der Waals surface area contributed by atoms with Crippen LogP contribution < -0.4 is 4.74 Å². The highest BCUT2D eigenvalue weighted by molar-refractivity contribution is 5.92. The van der Waals surface area contributed by atoms with E-state index in [2.05, 4.69) is 9.97 Å². The first-order valence-electron chi connectivity index (χ1n) is 11.7. The number of piperazine rings is 1. The zero-order chi connectivity index (χ0) is 24.9. The average Bonchev–Trinajstić information content (AvgIpc) is 3.32. The number of carbonyl (C=O) groups is 2. The van der Waals surface area contributed by atoms with Crippen molar-refractivity contribution in [3.8, 4) is 11.5 Å². The topological polar surface area (TPSA) is 78.5 Å². The number of hydrogen-bond acceptors (Lipinski definition) is 4. The molecule has 1 aliphatic rings. The summed E-state index contributed by atoms with van der Waals surface area (Å²) in [4.78, 5) is 36.1. The van der Waals surface area contributed by atoms with Crippen LogP contribution in [-0.2, 0) is 16.0 Å². The summed E-state index contributed by atoms with van der Waals surface area (Å²) in [6.45, 7) is 1.87. The lowest BCUT2D eigenvalue weighted by Crippen LogP contribution is -2.50. The van der Waals surface area contributed by atoms with Crippen LogP contribution in [0.4, 0.5) is 4.39 Å². The third-order valence-electron chi connectivity index (χ3n) is 6.20. The van der Waals surface area contributed by atoms with E-state index in [9.17, 15) is 14.0 Å². The summed E-state index contributed by atoms with van der Waals surface area (Å²) in [7, 11) is 0. The van der Waals surface area contributed by atoms with E-state index in [1.807, 2.05) is 30.5 Å². The number of nitrogens with zero attached hydrogens (tertiary/aromatic N) is 3. The predicted molar refractivity (Wildman–Crippen MR) is 135 cm³/mol. The lowest BCUT2D eigenvalue weighted by molar-refractivity contribution is -0.136. The smallest absolute Gasteiger partial charge is 0.246 e. The molecule has 1 N–H and O–H groups in total. The van der Waals surface area contributed by atoms with Crippen LogP contribution in [-0.4, -0.2) is 57.8 Å². The number of hydrogen-bond donors (Lipinski definition) is 1. The molecule has 1 fully saturated rings. The van der Waals surface area contributed by atoms with Crippen molar-refractivity contribution in [1.29, 1.82) is 0 Å². The second kappa shape index (κ2) is 10.4. The summed E-state index contributed by atoms with van der Waals surface area (Å²) in [6, 6.07) is 15.8. The minimum atomic E-state index is -0.532. The van der Waals surface area contributed by atoms with Crippen LogP contribution in [0.25, 0.3) is 17.0 Å². The molecule has 0 saturated carbocycles. The van der Waals surface area contributed by atoms with Gasteiger partial charge in [0.05, 0.1) is 12.6 Å². The zero-order valence-electron chi connectivity index (χ0n) is 19.6. The van der Waals surface area contributed by atoms with Gasteiger partial charge in [-0.2, -0.15) is 0 Å². The Labute approximate surface area is 207 Å². The highest BCUT2D eigenvalue weighted by atomic mass is 19.1. The Kier molecular flexibility index (Phi) is 6.75. The van der Waals surface area contributed by atoms with E-state index in [1.165, 1.54) is 24.4 Å². The van der Waals surface area contributed by atoms with Crippen molar-refractivity contribution in [2.24, 2.45) is 0 Å². The Morgan fingerprint density at radius 2 is 1.83 bits per heavy atom. The highest BCUT2D eigenvalue weighted by Crippen LogP contribution is 2.25. The largest absolute Gasteiger partial charge is 0.453 e. The van der Waals surface area contributed by atoms with E-state index in [0.29, 0.717) is 43.9 Å². The maximum atomic E-state index is 14.4. The van der Waals surface area contributed by atoms with Gasteiger partial charge in [-0.25, -0.2) is 4.39 Å². The molecular weight excluding hydrogens is 459 g/mol. The quantitative estimate of drug-likeness (QED) is 0.411. The number of fused-ring (bicyclic) bond motifs is 1. The van der Waals surface area contributed by atoms with Gasteiger partial charge in [0.2, 0.25) is 11.8 Å². The van der Waals surface area contributed by atoms with Crippen molar-refractivity contribution in [3.05, 3.63) is 96.2 Å². The van der Waals surface area contributed by atoms with Gasteiger partial charge in [0.15, 0.2) is 11.6 Å². The van der Waals surface area contributed by atoms with Crippen molar-refractivity contribution in [2.75, 3.05) is 26.2 Å². The molecule has 0 spiro atoms. The van der Waals surface area contributed by atoms with Gasteiger partial charge in [-0.3, -0.25) is 14.6 Å². The zero-order valence-corrected chi connectivity index (χ0v) is 19.6. The van der Waals surface area contributed by atoms with Gasteiger partial charge in [0.1, 0.15) is 5.75 Å². The molecular formula is C28H25FN4O3. The van der Waals surface area contributed by atoms with Crippen LogP contribution in [0, 0.1) is 5.82 Å². The normalized spacial score (nSPS) is 13.9. The van der Waals surface area contributed by atoms with Gasteiger partial charge < -0.3 is 19.5 Å². The lowest BCUT2D eigenvalue weighted by Gasteiger charge is -2.34. The van der Waals surface area contributed by atoms with Crippen molar-refractivity contribution in [1.82, 2.24) is 19.8 Å². The Hall–Kier alpha value is -4.46. The van der Waals surface area contributed by atoms with Crippen LogP contribution in [0.15, 0.2) is 79.3 Å². The van der Waals surface area contributed by atoms with Crippen molar-refractivity contribution in [2.45, 2.75) is 6.42 Å². The molecule has 2 aromatic carbocycles. The Morgan fingerprint density at radius 3 is 2.61 bits per heavy atom. The van der Waals surface area contributed by atoms with Gasteiger partial charge in [-0.1, -0.05) is 24.3 Å². The molecule has 7 nitrogen and oxygen atoms in total. The van der Waals surface area contributed by atoms with Gasteiger partial charge in [-0.15, -0.1) is 0 Å². The van der Waals surface area contributed by atoms with Gasteiger partial charge in [0, 0.05) is 55.6 Å². The number of nitrogens with one attached hydrogen (secondary N) is 1. The van der Waals surface area contributed by atoms with Gasteiger partial charge in [-0.05, 0) is 47.5 Å². The van der Waals surface area contributed by atoms with E-state index >= 15 is 0 Å². The third kappa shape index (κ3) is 5.27. The lowest BCUT2D eigenvalue weighted by atomic mass is 10.1. The molecule has 0 atom stereocenters. The third-order valence-corrected chi connectivity index (χ3v) is 6.20. The molecule has 5 rings (SSSR count). The number of H-pyrrole nitrogens is 1. The Balaban J connectivity index is 1.13. The number of halogens is 1. The highest BCUT2D eigenvalue weighted by Gasteiger charge is 2.23. The van der Waals surface area contributed by atoms with E-state index in [-0.39, 0.29) is 17.6 Å². The minimum absolute atomic E-state index is 0.0476. The van der Waals surface area contributed by atoms with E-state index in [4.69, 9.17) is 4.74 Å². The number of aromatic nitrogens is 2. The first-order valence-corrected chi connectivity index (χ1v) is 11.7.